The molecule has 1 N–H and O–H groups in total. The van der Waals surface area contributed by atoms with Crippen molar-refractivity contribution in [2.75, 3.05) is 0 Å². The molecule has 0 radical (unpaired) electrons. The first-order chi connectivity index (χ1) is 8.09. The lowest BCUT2D eigenvalue weighted by atomic mass is 9.86. The average Bonchev–Trinajstić information content (AvgIpc) is 2.33. The van der Waals surface area contributed by atoms with E-state index in [1.807, 2.05) is 6.08 Å². The number of hydrogen-bond acceptors (Lipinski definition) is 1. The molecule has 17 heavy (non-hydrogen) atoms. The molecule has 0 saturated heterocycles. The van der Waals surface area contributed by atoms with Crippen molar-refractivity contribution in [1.29, 1.82) is 0 Å². The highest BCUT2D eigenvalue weighted by molar-refractivity contribution is 6.32. The third-order valence-electron chi connectivity index (χ3n) is 3.06. The maximum atomic E-state index is 13.3. The van der Waals surface area contributed by atoms with E-state index in [0.717, 1.165) is 5.57 Å². The summed E-state index contributed by atoms with van der Waals surface area (Å²) in [6.45, 7) is 0. The largest absolute Gasteiger partial charge is 0.481 e. The van der Waals surface area contributed by atoms with Crippen LogP contribution in [0.4, 0.5) is 4.39 Å². The molecule has 1 atom stereocenters. The standard InChI is InChI=1S/C13H12ClFO2/c14-12-10(2-1-3-11(12)15)8-4-6-9(7-5-8)13(16)17/h1-4,9H,5-7H2,(H,16,17)/t9-/m0/s1. The Balaban J connectivity index is 2.25. The summed E-state index contributed by atoms with van der Waals surface area (Å²) in [5.41, 5.74) is 1.61. The molecule has 0 aliphatic heterocycles. The Hall–Kier alpha value is -1.35. The zero-order valence-electron chi connectivity index (χ0n) is 9.12. The van der Waals surface area contributed by atoms with Crippen LogP contribution in [0.25, 0.3) is 5.57 Å². The van der Waals surface area contributed by atoms with Gasteiger partial charge in [0, 0.05) is 0 Å². The molecule has 90 valence electrons. The lowest BCUT2D eigenvalue weighted by Gasteiger charge is -2.19. The molecule has 0 bridgehead atoms. The van der Waals surface area contributed by atoms with Crippen LogP contribution in [0, 0.1) is 11.7 Å². The molecule has 4 heteroatoms. The molecule has 0 aromatic heterocycles. The zero-order valence-corrected chi connectivity index (χ0v) is 9.88. The van der Waals surface area contributed by atoms with E-state index in [-0.39, 0.29) is 10.9 Å². The first-order valence-corrected chi connectivity index (χ1v) is 5.83. The average molecular weight is 255 g/mol. The van der Waals surface area contributed by atoms with Gasteiger partial charge in [-0.15, -0.1) is 0 Å². The molecule has 0 unspecified atom stereocenters. The molecular formula is C13H12ClFO2. The topological polar surface area (TPSA) is 37.3 Å². The predicted molar refractivity (Wildman–Crippen MR) is 64.4 cm³/mol. The van der Waals surface area contributed by atoms with Gasteiger partial charge in [0.15, 0.2) is 0 Å². The number of carbonyl (C=O) groups is 1. The lowest BCUT2D eigenvalue weighted by molar-refractivity contribution is -0.141. The van der Waals surface area contributed by atoms with Gasteiger partial charge in [-0.1, -0.05) is 29.8 Å². The van der Waals surface area contributed by atoms with E-state index in [0.29, 0.717) is 24.8 Å². The van der Waals surface area contributed by atoms with Crippen molar-refractivity contribution in [2.24, 2.45) is 5.92 Å². The number of carboxylic acid groups (broad SMARTS) is 1. The van der Waals surface area contributed by atoms with E-state index in [4.69, 9.17) is 16.7 Å². The second kappa shape index (κ2) is 4.88. The number of halogens is 2. The van der Waals surface area contributed by atoms with Crippen molar-refractivity contribution in [3.05, 3.63) is 40.7 Å². The first-order valence-electron chi connectivity index (χ1n) is 5.46. The summed E-state index contributed by atoms with van der Waals surface area (Å²) in [6, 6.07) is 4.69. The highest BCUT2D eigenvalue weighted by Gasteiger charge is 2.22. The van der Waals surface area contributed by atoms with Crippen LogP contribution >= 0.6 is 11.6 Å². The molecule has 1 aromatic carbocycles. The molecule has 0 saturated carbocycles. The molecule has 0 spiro atoms. The third-order valence-corrected chi connectivity index (χ3v) is 3.44. The van der Waals surface area contributed by atoms with Crippen molar-refractivity contribution < 1.29 is 14.3 Å². The zero-order chi connectivity index (χ0) is 12.4. The van der Waals surface area contributed by atoms with Gasteiger partial charge in [-0.2, -0.15) is 0 Å². The molecule has 1 aromatic rings. The second-order valence-corrected chi connectivity index (χ2v) is 4.52. The van der Waals surface area contributed by atoms with Crippen molar-refractivity contribution >= 4 is 23.1 Å². The molecule has 0 amide bonds. The summed E-state index contributed by atoms with van der Waals surface area (Å²) >= 11 is 5.89. The molecule has 2 nitrogen and oxygen atoms in total. The van der Waals surface area contributed by atoms with Gasteiger partial charge in [-0.3, -0.25) is 4.79 Å². The highest BCUT2D eigenvalue weighted by Crippen LogP contribution is 2.34. The number of rotatable bonds is 2. The van der Waals surface area contributed by atoms with Crippen LogP contribution in [0.2, 0.25) is 5.02 Å². The van der Waals surface area contributed by atoms with Crippen LogP contribution in [0.1, 0.15) is 24.8 Å². The lowest BCUT2D eigenvalue weighted by Crippen LogP contribution is -2.15. The van der Waals surface area contributed by atoms with E-state index < -0.39 is 11.8 Å². The van der Waals surface area contributed by atoms with Crippen LogP contribution in [-0.4, -0.2) is 11.1 Å². The second-order valence-electron chi connectivity index (χ2n) is 4.14. The third kappa shape index (κ3) is 2.50. The number of hydrogen-bond donors (Lipinski definition) is 1. The van der Waals surface area contributed by atoms with Crippen LogP contribution in [0.3, 0.4) is 0 Å². The Morgan fingerprint density at radius 3 is 2.82 bits per heavy atom. The number of allylic oxidation sites excluding steroid dienone is 2. The summed E-state index contributed by atoms with van der Waals surface area (Å²) in [6.07, 6.45) is 3.54. The van der Waals surface area contributed by atoms with E-state index in [1.54, 1.807) is 12.1 Å². The maximum Gasteiger partial charge on any atom is 0.306 e. The number of benzene rings is 1. The van der Waals surface area contributed by atoms with Crippen molar-refractivity contribution in [3.63, 3.8) is 0 Å². The minimum Gasteiger partial charge on any atom is -0.481 e. The summed E-state index contributed by atoms with van der Waals surface area (Å²) < 4.78 is 13.3. The van der Waals surface area contributed by atoms with E-state index in [1.165, 1.54) is 6.07 Å². The molecular weight excluding hydrogens is 243 g/mol. The van der Waals surface area contributed by atoms with Crippen LogP contribution in [-0.2, 0) is 4.79 Å². The molecule has 0 fully saturated rings. The monoisotopic (exact) mass is 254 g/mol. The smallest absolute Gasteiger partial charge is 0.306 e. The molecule has 0 heterocycles. The van der Waals surface area contributed by atoms with Crippen LogP contribution in [0.5, 0.6) is 0 Å². The Bertz CT molecular complexity index is 482. The van der Waals surface area contributed by atoms with Gasteiger partial charge < -0.3 is 5.11 Å². The summed E-state index contributed by atoms with van der Waals surface area (Å²) in [7, 11) is 0. The normalized spacial score (nSPS) is 19.9. The van der Waals surface area contributed by atoms with Crippen LogP contribution in [0.15, 0.2) is 24.3 Å². The van der Waals surface area contributed by atoms with Gasteiger partial charge in [0.25, 0.3) is 0 Å². The number of carboxylic acids is 1. The van der Waals surface area contributed by atoms with Gasteiger partial charge in [0.05, 0.1) is 10.9 Å². The fourth-order valence-corrected chi connectivity index (χ4v) is 2.30. The molecule has 1 aliphatic carbocycles. The van der Waals surface area contributed by atoms with E-state index in [9.17, 15) is 9.18 Å². The minimum atomic E-state index is -0.773. The maximum absolute atomic E-state index is 13.3. The van der Waals surface area contributed by atoms with E-state index >= 15 is 0 Å². The van der Waals surface area contributed by atoms with Gasteiger partial charge in [-0.25, -0.2) is 4.39 Å². The van der Waals surface area contributed by atoms with Crippen molar-refractivity contribution in [2.45, 2.75) is 19.3 Å². The summed E-state index contributed by atoms with van der Waals surface area (Å²) in [4.78, 5) is 10.8. The van der Waals surface area contributed by atoms with Gasteiger partial charge >= 0.3 is 5.97 Å². The minimum absolute atomic E-state index is 0.118. The van der Waals surface area contributed by atoms with Gasteiger partial charge in [0.1, 0.15) is 5.82 Å². The Morgan fingerprint density at radius 2 is 2.24 bits per heavy atom. The Kier molecular flexibility index (Phi) is 3.48. The summed E-state index contributed by atoms with van der Waals surface area (Å²) in [5, 5.41) is 9.00. The van der Waals surface area contributed by atoms with Crippen LogP contribution < -0.4 is 0 Å². The Morgan fingerprint density at radius 1 is 1.47 bits per heavy atom. The molecule has 1 aliphatic rings. The van der Waals surface area contributed by atoms with Crippen molar-refractivity contribution in [3.8, 4) is 0 Å². The fourth-order valence-electron chi connectivity index (χ4n) is 2.05. The van der Waals surface area contributed by atoms with Gasteiger partial charge in [0.2, 0.25) is 0 Å². The fraction of sp³-hybridized carbons (Fsp3) is 0.308. The van der Waals surface area contributed by atoms with Crippen molar-refractivity contribution in [1.82, 2.24) is 0 Å². The highest BCUT2D eigenvalue weighted by atomic mass is 35.5. The quantitative estimate of drug-likeness (QED) is 0.873. The first kappa shape index (κ1) is 12.1. The summed E-state index contributed by atoms with van der Waals surface area (Å²) in [5.74, 6) is -1.54. The van der Waals surface area contributed by atoms with E-state index in [2.05, 4.69) is 0 Å². The predicted octanol–water partition coefficient (Wildman–Crippen LogP) is 3.75. The Labute approximate surface area is 104 Å². The van der Waals surface area contributed by atoms with Gasteiger partial charge in [-0.05, 0) is 36.5 Å². The molecule has 2 rings (SSSR count). The SMILES string of the molecule is O=C(O)[C@H]1CC=C(c2cccc(F)c2Cl)CC1. The number of aliphatic carboxylic acids is 1.